The first kappa shape index (κ1) is 14.7. The van der Waals surface area contributed by atoms with Crippen molar-refractivity contribution in [1.82, 2.24) is 15.0 Å². The normalized spacial score (nSPS) is 25.6. The number of H-pyrrole nitrogens is 2. The van der Waals surface area contributed by atoms with Gasteiger partial charge in [-0.3, -0.25) is 9.79 Å². The Morgan fingerprint density at radius 1 is 1.30 bits per heavy atom. The molecule has 2 aromatic rings. The van der Waals surface area contributed by atoms with Gasteiger partial charge in [-0.1, -0.05) is 0 Å². The maximum atomic E-state index is 11.6. The Balaban J connectivity index is 0.00000147. The number of hydrogen-bond donors (Lipinski definition) is 5. The molecule has 0 bridgehead atoms. The molecule has 0 fully saturated rings. The van der Waals surface area contributed by atoms with Crippen LogP contribution in [0.15, 0.2) is 22.3 Å². The van der Waals surface area contributed by atoms with E-state index in [2.05, 4.69) is 19.9 Å². The molecule has 0 saturated heterocycles. The van der Waals surface area contributed by atoms with E-state index in [0.29, 0.717) is 11.1 Å². The second-order valence-electron chi connectivity index (χ2n) is 4.36. The Kier molecular flexibility index (Phi) is 3.91. The molecule has 3 unspecified atom stereocenters. The highest BCUT2D eigenvalue weighted by Crippen LogP contribution is 2.23. The summed E-state index contributed by atoms with van der Waals surface area (Å²) in [6.45, 7) is -0.363. The molecule has 5 N–H and O–H groups in total. The van der Waals surface area contributed by atoms with Gasteiger partial charge in [0, 0.05) is 11.8 Å². The summed E-state index contributed by atoms with van der Waals surface area (Å²) in [4.78, 5) is 24.9. The summed E-state index contributed by atoms with van der Waals surface area (Å²) in [6.07, 6.45) is 0.384. The average Bonchev–Trinajstić information content (AvgIpc) is 2.94. The van der Waals surface area contributed by atoms with Crippen LogP contribution < -0.4 is 5.56 Å². The number of rotatable bonds is 2. The molecule has 0 spiro atoms. The van der Waals surface area contributed by atoms with Crippen LogP contribution in [0.1, 0.15) is 5.56 Å². The number of fused-ring (bicyclic) bond motifs is 1. The van der Waals surface area contributed by atoms with Crippen molar-refractivity contribution >= 4 is 29.2 Å². The minimum Gasteiger partial charge on any atom is -0.394 e. The van der Waals surface area contributed by atoms with Gasteiger partial charge in [-0.2, -0.15) is 0 Å². The van der Waals surface area contributed by atoms with Gasteiger partial charge in [0.1, 0.15) is 29.3 Å². The van der Waals surface area contributed by atoms with Gasteiger partial charge in [0.2, 0.25) is 0 Å². The van der Waals surface area contributed by atoms with Crippen LogP contribution in [0, 0.1) is 0 Å². The topological polar surface area (TPSA) is 135 Å². The maximum Gasteiger partial charge on any atom is 0.275 e. The Morgan fingerprint density at radius 3 is 2.70 bits per heavy atom. The standard InChI is InChI=1S/C11H12N4O4.ClH/c16-2-5-9(17)10(18)7(15-5)4-1-12-8-6(4)13-3-14-11(8)19;/h1,3,5,9-10,12,16-18H,2H2,(H,13,14,19);1H. The van der Waals surface area contributed by atoms with Crippen LogP contribution in [0.3, 0.4) is 0 Å². The lowest BCUT2D eigenvalue weighted by molar-refractivity contribution is 0.0408. The van der Waals surface area contributed by atoms with Crippen molar-refractivity contribution in [2.45, 2.75) is 18.2 Å². The molecule has 0 amide bonds. The van der Waals surface area contributed by atoms with Gasteiger partial charge in [-0.05, 0) is 0 Å². The Morgan fingerprint density at radius 2 is 2.05 bits per heavy atom. The van der Waals surface area contributed by atoms with Crippen molar-refractivity contribution < 1.29 is 15.3 Å². The predicted molar refractivity (Wildman–Crippen MR) is 73.4 cm³/mol. The first-order chi connectivity index (χ1) is 9.13. The summed E-state index contributed by atoms with van der Waals surface area (Å²) < 4.78 is 0. The average molecular weight is 301 g/mol. The minimum absolute atomic E-state index is 0. The molecule has 0 aromatic carbocycles. The molecule has 3 heterocycles. The molecule has 9 heteroatoms. The van der Waals surface area contributed by atoms with Gasteiger partial charge in [-0.25, -0.2) is 4.98 Å². The van der Waals surface area contributed by atoms with E-state index in [-0.39, 0.29) is 35.8 Å². The summed E-state index contributed by atoms with van der Waals surface area (Å²) in [7, 11) is 0. The summed E-state index contributed by atoms with van der Waals surface area (Å²) in [5.74, 6) is 0. The predicted octanol–water partition coefficient (Wildman–Crippen LogP) is -1.44. The van der Waals surface area contributed by atoms with Gasteiger partial charge in [0.05, 0.1) is 18.6 Å². The van der Waals surface area contributed by atoms with Crippen molar-refractivity contribution in [1.29, 1.82) is 0 Å². The monoisotopic (exact) mass is 300 g/mol. The van der Waals surface area contributed by atoms with Gasteiger partial charge in [0.15, 0.2) is 0 Å². The first-order valence-electron chi connectivity index (χ1n) is 5.73. The van der Waals surface area contributed by atoms with Crippen molar-refractivity contribution in [3.63, 3.8) is 0 Å². The quantitative estimate of drug-likeness (QED) is 0.463. The summed E-state index contributed by atoms with van der Waals surface area (Å²) in [5.41, 5.74) is 0.977. The smallest absolute Gasteiger partial charge is 0.275 e. The second-order valence-corrected chi connectivity index (χ2v) is 4.36. The zero-order chi connectivity index (χ0) is 13.6. The lowest BCUT2D eigenvalue weighted by Gasteiger charge is -2.12. The number of aliphatic imine (C=N–C) groups is 1. The van der Waals surface area contributed by atoms with Crippen LogP contribution in [0.5, 0.6) is 0 Å². The molecule has 3 rings (SSSR count). The molecule has 3 atom stereocenters. The van der Waals surface area contributed by atoms with Crippen molar-refractivity contribution in [2.75, 3.05) is 6.61 Å². The van der Waals surface area contributed by atoms with Crippen LogP contribution in [0.2, 0.25) is 0 Å². The second kappa shape index (κ2) is 5.33. The van der Waals surface area contributed by atoms with Crippen molar-refractivity contribution in [3.05, 3.63) is 28.4 Å². The number of nitrogens with one attached hydrogen (secondary N) is 2. The Hall–Kier alpha value is -1.74. The number of aliphatic hydroxyl groups is 3. The molecule has 108 valence electrons. The fourth-order valence-corrected chi connectivity index (χ4v) is 2.23. The molecule has 0 aliphatic carbocycles. The Labute approximate surface area is 118 Å². The van der Waals surface area contributed by atoms with Gasteiger partial charge in [-0.15, -0.1) is 12.4 Å². The number of hydrogen-bond acceptors (Lipinski definition) is 6. The summed E-state index contributed by atoms with van der Waals surface area (Å²) in [5, 5.41) is 28.7. The zero-order valence-electron chi connectivity index (χ0n) is 10.1. The number of nitrogens with zero attached hydrogens (tertiary/aromatic N) is 2. The molecule has 1 aliphatic heterocycles. The maximum absolute atomic E-state index is 11.6. The largest absolute Gasteiger partial charge is 0.394 e. The number of aromatic amines is 2. The highest BCUT2D eigenvalue weighted by Gasteiger charge is 2.37. The van der Waals surface area contributed by atoms with E-state index in [1.165, 1.54) is 12.5 Å². The van der Waals surface area contributed by atoms with Crippen LogP contribution in [0.4, 0.5) is 0 Å². The van der Waals surface area contributed by atoms with Gasteiger partial charge in [0.25, 0.3) is 5.56 Å². The third-order valence-electron chi connectivity index (χ3n) is 3.23. The van der Waals surface area contributed by atoms with Crippen molar-refractivity contribution in [2.24, 2.45) is 4.99 Å². The third-order valence-corrected chi connectivity index (χ3v) is 3.23. The first-order valence-corrected chi connectivity index (χ1v) is 5.73. The number of aliphatic hydroxyl groups excluding tert-OH is 3. The molecule has 1 aliphatic rings. The zero-order valence-corrected chi connectivity index (χ0v) is 11.0. The van der Waals surface area contributed by atoms with E-state index in [4.69, 9.17) is 5.11 Å². The highest BCUT2D eigenvalue weighted by molar-refractivity contribution is 6.12. The highest BCUT2D eigenvalue weighted by atomic mass is 35.5. The van der Waals surface area contributed by atoms with E-state index >= 15 is 0 Å². The molecular formula is C11H13ClN4O4. The molecule has 8 nitrogen and oxygen atoms in total. The molecule has 0 radical (unpaired) electrons. The fraction of sp³-hybridized carbons (Fsp3) is 0.364. The van der Waals surface area contributed by atoms with E-state index < -0.39 is 18.2 Å². The van der Waals surface area contributed by atoms with Gasteiger partial charge >= 0.3 is 0 Å². The summed E-state index contributed by atoms with van der Waals surface area (Å²) in [6, 6.07) is -0.767. The molecule has 0 saturated carbocycles. The van der Waals surface area contributed by atoms with Crippen LogP contribution in [-0.2, 0) is 0 Å². The van der Waals surface area contributed by atoms with Crippen LogP contribution in [0.25, 0.3) is 11.0 Å². The van der Waals surface area contributed by atoms with Crippen LogP contribution >= 0.6 is 12.4 Å². The molecular weight excluding hydrogens is 288 g/mol. The van der Waals surface area contributed by atoms with E-state index in [0.717, 1.165) is 0 Å². The number of halogens is 1. The Bertz CT molecular complexity index is 710. The van der Waals surface area contributed by atoms with E-state index in [9.17, 15) is 15.0 Å². The lowest BCUT2D eigenvalue weighted by Crippen LogP contribution is -2.35. The van der Waals surface area contributed by atoms with E-state index in [1.807, 2.05) is 0 Å². The SMILES string of the molecule is Cl.O=c1[nH]cnc2c(C3=NC(CO)C(O)C3O)c[nH]c12. The van der Waals surface area contributed by atoms with Crippen molar-refractivity contribution in [3.8, 4) is 0 Å². The van der Waals surface area contributed by atoms with E-state index in [1.54, 1.807) is 0 Å². The van der Waals surface area contributed by atoms with Gasteiger partial charge < -0.3 is 25.3 Å². The fourth-order valence-electron chi connectivity index (χ4n) is 2.23. The van der Waals surface area contributed by atoms with Crippen LogP contribution in [-0.4, -0.2) is 60.8 Å². The summed E-state index contributed by atoms with van der Waals surface area (Å²) >= 11 is 0. The lowest BCUT2D eigenvalue weighted by atomic mass is 10.0. The molecule has 20 heavy (non-hydrogen) atoms. The minimum atomic E-state index is -1.21. The molecule has 2 aromatic heterocycles. The number of aromatic nitrogens is 3. The third kappa shape index (κ3) is 2.02.